The Morgan fingerprint density at radius 1 is 0.955 bits per heavy atom. The maximum atomic E-state index is 13.0. The second-order valence-electron chi connectivity index (χ2n) is 4.93. The van der Waals surface area contributed by atoms with Gasteiger partial charge >= 0.3 is 0 Å². The summed E-state index contributed by atoms with van der Waals surface area (Å²) in [5.74, 6) is -0.298. The molecule has 2 N–H and O–H groups in total. The lowest BCUT2D eigenvalue weighted by atomic mass is 10.0. The van der Waals surface area contributed by atoms with Gasteiger partial charge in [-0.15, -0.1) is 0 Å². The summed E-state index contributed by atoms with van der Waals surface area (Å²) in [5.41, 5.74) is 2.78. The zero-order chi connectivity index (χ0) is 15.5. The summed E-state index contributed by atoms with van der Waals surface area (Å²) in [6, 6.07) is 15.6. The molecule has 0 fully saturated rings. The molecule has 0 atom stereocenters. The van der Waals surface area contributed by atoms with Crippen molar-refractivity contribution in [2.45, 2.75) is 6.42 Å². The number of nitrogens with one attached hydrogen (secondary N) is 2. The molecule has 0 radical (unpaired) electrons. The van der Waals surface area contributed by atoms with Crippen LogP contribution in [-0.4, -0.2) is 9.97 Å². The molecule has 0 saturated carbocycles. The zero-order valence-electron chi connectivity index (χ0n) is 11.6. The van der Waals surface area contributed by atoms with Gasteiger partial charge in [-0.25, -0.2) is 4.39 Å². The molecule has 0 aliphatic carbocycles. The van der Waals surface area contributed by atoms with Gasteiger partial charge in [0.1, 0.15) is 5.82 Å². The average Bonchev–Trinajstić information content (AvgIpc) is 2.52. The summed E-state index contributed by atoms with van der Waals surface area (Å²) in [6.45, 7) is 0. The van der Waals surface area contributed by atoms with Gasteiger partial charge < -0.3 is 4.98 Å². The van der Waals surface area contributed by atoms with Crippen LogP contribution >= 0.6 is 12.2 Å². The van der Waals surface area contributed by atoms with Gasteiger partial charge in [-0.3, -0.25) is 9.78 Å². The lowest BCUT2D eigenvalue weighted by Gasteiger charge is -2.09. The Kier molecular flexibility index (Phi) is 3.98. The van der Waals surface area contributed by atoms with Gasteiger partial charge in [0.2, 0.25) is 0 Å². The second-order valence-corrected chi connectivity index (χ2v) is 5.34. The molecule has 5 heteroatoms. The fourth-order valence-corrected chi connectivity index (χ4v) is 2.53. The third-order valence-corrected chi connectivity index (χ3v) is 3.60. The van der Waals surface area contributed by atoms with Crippen molar-refractivity contribution in [2.75, 3.05) is 0 Å². The molecule has 3 nitrogen and oxygen atoms in total. The standard InChI is InChI=1S/C17H13FN2OS/c18-13-8-6-11(7-9-13)10-14-15(12-4-2-1-3-5-12)19-17(22)20-16(14)21/h1-9H,10H2,(H2,19,20,21,22). The van der Waals surface area contributed by atoms with E-state index in [2.05, 4.69) is 9.97 Å². The fourth-order valence-electron chi connectivity index (χ4n) is 2.34. The van der Waals surface area contributed by atoms with Gasteiger partial charge in [-0.2, -0.15) is 0 Å². The van der Waals surface area contributed by atoms with Crippen molar-refractivity contribution in [3.8, 4) is 11.3 Å². The van der Waals surface area contributed by atoms with Crippen LogP contribution in [0.3, 0.4) is 0 Å². The van der Waals surface area contributed by atoms with Crippen LogP contribution in [0.1, 0.15) is 11.1 Å². The van der Waals surface area contributed by atoms with Crippen LogP contribution in [0.15, 0.2) is 59.4 Å². The quantitative estimate of drug-likeness (QED) is 0.722. The van der Waals surface area contributed by atoms with Gasteiger partial charge in [-0.05, 0) is 35.5 Å². The third kappa shape index (κ3) is 3.04. The van der Waals surface area contributed by atoms with E-state index in [1.165, 1.54) is 12.1 Å². The topological polar surface area (TPSA) is 48.6 Å². The molecule has 0 unspecified atom stereocenters. The van der Waals surface area contributed by atoms with E-state index >= 15 is 0 Å². The lowest BCUT2D eigenvalue weighted by Crippen LogP contribution is -2.16. The molecule has 0 spiro atoms. The lowest BCUT2D eigenvalue weighted by molar-refractivity contribution is 0.627. The first-order valence-electron chi connectivity index (χ1n) is 6.79. The van der Waals surface area contributed by atoms with Crippen molar-refractivity contribution < 1.29 is 4.39 Å². The molecule has 0 amide bonds. The minimum absolute atomic E-state index is 0.230. The SMILES string of the molecule is O=c1[nH]c(=S)[nH]c(-c2ccccc2)c1Cc1ccc(F)cc1. The molecular weight excluding hydrogens is 299 g/mol. The first kappa shape index (κ1) is 14.4. The van der Waals surface area contributed by atoms with E-state index in [0.717, 1.165) is 11.1 Å². The van der Waals surface area contributed by atoms with E-state index in [1.54, 1.807) is 12.1 Å². The van der Waals surface area contributed by atoms with Crippen LogP contribution in [0.2, 0.25) is 0 Å². The highest BCUT2D eigenvalue weighted by molar-refractivity contribution is 7.71. The number of H-pyrrole nitrogens is 2. The molecule has 0 aliphatic heterocycles. The van der Waals surface area contributed by atoms with E-state index in [9.17, 15) is 9.18 Å². The highest BCUT2D eigenvalue weighted by atomic mass is 32.1. The molecule has 3 aromatic rings. The van der Waals surface area contributed by atoms with Crippen molar-refractivity contribution in [2.24, 2.45) is 0 Å². The number of rotatable bonds is 3. The molecule has 0 bridgehead atoms. The van der Waals surface area contributed by atoms with Crippen LogP contribution < -0.4 is 5.56 Å². The third-order valence-electron chi connectivity index (χ3n) is 3.40. The van der Waals surface area contributed by atoms with Crippen LogP contribution in [-0.2, 0) is 6.42 Å². The molecule has 110 valence electrons. The van der Waals surface area contributed by atoms with Gasteiger partial charge in [0.15, 0.2) is 4.77 Å². The smallest absolute Gasteiger partial charge is 0.255 e. The average molecular weight is 312 g/mol. The highest BCUT2D eigenvalue weighted by Crippen LogP contribution is 2.20. The normalized spacial score (nSPS) is 10.6. The van der Waals surface area contributed by atoms with Crippen LogP contribution in [0.5, 0.6) is 0 Å². The summed E-state index contributed by atoms with van der Waals surface area (Å²) in [7, 11) is 0. The minimum atomic E-state index is -0.298. The van der Waals surface area contributed by atoms with Gasteiger partial charge in [0, 0.05) is 12.0 Å². The van der Waals surface area contributed by atoms with E-state index in [1.807, 2.05) is 30.3 Å². The summed E-state index contributed by atoms with van der Waals surface area (Å²) in [6.07, 6.45) is 0.395. The second kappa shape index (κ2) is 6.07. The Bertz CT molecular complexity index is 898. The first-order valence-corrected chi connectivity index (χ1v) is 7.19. The van der Waals surface area contributed by atoms with E-state index in [4.69, 9.17) is 12.2 Å². The van der Waals surface area contributed by atoms with Crippen molar-refractivity contribution in [1.82, 2.24) is 9.97 Å². The number of aromatic nitrogens is 2. The molecule has 22 heavy (non-hydrogen) atoms. The molecule has 0 aliphatic rings. The maximum Gasteiger partial charge on any atom is 0.255 e. The monoisotopic (exact) mass is 312 g/mol. The Morgan fingerprint density at radius 3 is 2.32 bits per heavy atom. The predicted molar refractivity (Wildman–Crippen MR) is 86.9 cm³/mol. The number of hydrogen-bond acceptors (Lipinski definition) is 2. The van der Waals surface area contributed by atoms with Crippen molar-refractivity contribution >= 4 is 12.2 Å². The van der Waals surface area contributed by atoms with Crippen molar-refractivity contribution in [1.29, 1.82) is 0 Å². The van der Waals surface area contributed by atoms with Crippen LogP contribution in [0.4, 0.5) is 4.39 Å². The molecule has 3 rings (SSSR count). The highest BCUT2D eigenvalue weighted by Gasteiger charge is 2.11. The molecule has 1 aromatic heterocycles. The zero-order valence-corrected chi connectivity index (χ0v) is 12.4. The van der Waals surface area contributed by atoms with Crippen molar-refractivity contribution in [3.05, 3.63) is 86.7 Å². The summed E-state index contributed by atoms with van der Waals surface area (Å²) in [5, 5.41) is 0. The Morgan fingerprint density at radius 2 is 1.64 bits per heavy atom. The maximum absolute atomic E-state index is 13.0. The number of aromatic amines is 2. The first-order chi connectivity index (χ1) is 10.6. The summed E-state index contributed by atoms with van der Waals surface area (Å²) < 4.78 is 13.3. The number of hydrogen-bond donors (Lipinski definition) is 2. The van der Waals surface area contributed by atoms with Gasteiger partial charge in [0.05, 0.1) is 5.69 Å². The molecule has 2 aromatic carbocycles. The Hall–Kier alpha value is -2.53. The Balaban J connectivity index is 2.12. The number of benzene rings is 2. The van der Waals surface area contributed by atoms with E-state index in [0.29, 0.717) is 17.7 Å². The van der Waals surface area contributed by atoms with Crippen molar-refractivity contribution in [3.63, 3.8) is 0 Å². The van der Waals surface area contributed by atoms with Gasteiger partial charge in [0.25, 0.3) is 5.56 Å². The van der Waals surface area contributed by atoms with Crippen LogP contribution in [0.25, 0.3) is 11.3 Å². The van der Waals surface area contributed by atoms with E-state index in [-0.39, 0.29) is 16.1 Å². The van der Waals surface area contributed by atoms with Crippen LogP contribution in [0, 0.1) is 10.6 Å². The molecule has 0 saturated heterocycles. The Labute approximate surface area is 131 Å². The van der Waals surface area contributed by atoms with Gasteiger partial charge in [-0.1, -0.05) is 42.5 Å². The number of halogens is 1. The fraction of sp³-hybridized carbons (Fsp3) is 0.0588. The minimum Gasteiger partial charge on any atom is -0.331 e. The molecular formula is C17H13FN2OS. The molecule has 1 heterocycles. The predicted octanol–water partition coefficient (Wildman–Crippen LogP) is 3.83. The van der Waals surface area contributed by atoms with E-state index < -0.39 is 0 Å². The summed E-state index contributed by atoms with van der Waals surface area (Å²) >= 11 is 5.07. The summed E-state index contributed by atoms with van der Waals surface area (Å²) in [4.78, 5) is 17.9. The largest absolute Gasteiger partial charge is 0.331 e.